The van der Waals surface area contributed by atoms with Crippen molar-refractivity contribution in [3.8, 4) is 0 Å². The molecule has 0 saturated carbocycles. The van der Waals surface area contributed by atoms with Crippen LogP contribution in [0.3, 0.4) is 0 Å². The van der Waals surface area contributed by atoms with Crippen LogP contribution in [0.2, 0.25) is 0 Å². The van der Waals surface area contributed by atoms with E-state index in [1.165, 1.54) is 34.6 Å². The van der Waals surface area contributed by atoms with E-state index in [9.17, 15) is 13.6 Å². The average Bonchev–Trinajstić information content (AvgIpc) is 3.34. The highest BCUT2D eigenvalue weighted by Crippen LogP contribution is 2.25. The van der Waals surface area contributed by atoms with Crippen molar-refractivity contribution in [2.75, 3.05) is 4.90 Å². The van der Waals surface area contributed by atoms with Crippen LogP contribution in [0, 0.1) is 11.6 Å². The standard InChI is InChI=1S/C21H14F2N2O2S/c22-14-7-8-18(16(23)12-14)25(13-15-4-3-11-27-15)21(26)10-9-20-24-17-5-1-2-6-19(17)28-20/h1-12H,13H2/b10-9+. The Morgan fingerprint density at radius 1 is 1.14 bits per heavy atom. The molecular formula is C21H14F2N2O2S. The van der Waals surface area contributed by atoms with Gasteiger partial charge >= 0.3 is 0 Å². The van der Waals surface area contributed by atoms with Crippen LogP contribution in [0.1, 0.15) is 10.8 Å². The van der Waals surface area contributed by atoms with Crippen molar-refractivity contribution in [3.05, 3.63) is 89.3 Å². The molecule has 0 aliphatic carbocycles. The Hall–Kier alpha value is -3.32. The molecule has 0 atom stereocenters. The fourth-order valence-corrected chi connectivity index (χ4v) is 3.60. The molecule has 0 radical (unpaired) electrons. The zero-order valence-corrected chi connectivity index (χ0v) is 15.3. The van der Waals surface area contributed by atoms with Crippen LogP contribution in [0.15, 0.2) is 71.4 Å². The van der Waals surface area contributed by atoms with Crippen molar-refractivity contribution in [2.24, 2.45) is 0 Å². The van der Waals surface area contributed by atoms with Gasteiger partial charge in [0.1, 0.15) is 22.4 Å². The van der Waals surface area contributed by atoms with Gasteiger partial charge in [0.2, 0.25) is 0 Å². The molecule has 140 valence electrons. The molecule has 0 bridgehead atoms. The molecule has 2 aromatic heterocycles. The average molecular weight is 396 g/mol. The van der Waals surface area contributed by atoms with E-state index >= 15 is 0 Å². The molecule has 4 nitrogen and oxygen atoms in total. The van der Waals surface area contributed by atoms with Crippen molar-refractivity contribution in [3.63, 3.8) is 0 Å². The molecule has 2 heterocycles. The number of hydrogen-bond acceptors (Lipinski definition) is 4. The highest BCUT2D eigenvalue weighted by atomic mass is 32.1. The molecule has 0 N–H and O–H groups in total. The third-order valence-corrected chi connectivity index (χ3v) is 5.04. The van der Waals surface area contributed by atoms with Gasteiger partial charge in [-0.05, 0) is 42.5 Å². The lowest BCUT2D eigenvalue weighted by atomic mass is 10.2. The van der Waals surface area contributed by atoms with Gasteiger partial charge in [-0.3, -0.25) is 9.69 Å². The monoisotopic (exact) mass is 396 g/mol. The highest BCUT2D eigenvalue weighted by Gasteiger charge is 2.19. The smallest absolute Gasteiger partial charge is 0.251 e. The molecule has 0 unspecified atom stereocenters. The lowest BCUT2D eigenvalue weighted by Gasteiger charge is -2.20. The number of hydrogen-bond donors (Lipinski definition) is 0. The van der Waals surface area contributed by atoms with Gasteiger partial charge < -0.3 is 4.42 Å². The predicted octanol–water partition coefficient (Wildman–Crippen LogP) is 5.41. The van der Waals surface area contributed by atoms with Gasteiger partial charge in [-0.25, -0.2) is 13.8 Å². The second kappa shape index (κ2) is 7.74. The number of benzene rings is 2. The van der Waals surface area contributed by atoms with Crippen molar-refractivity contribution >= 4 is 39.2 Å². The van der Waals surface area contributed by atoms with Crippen LogP contribution in [-0.4, -0.2) is 10.9 Å². The summed E-state index contributed by atoms with van der Waals surface area (Å²) in [5, 5.41) is 0.659. The largest absolute Gasteiger partial charge is 0.467 e. The maximum absolute atomic E-state index is 14.3. The highest BCUT2D eigenvalue weighted by molar-refractivity contribution is 7.19. The van der Waals surface area contributed by atoms with Crippen molar-refractivity contribution in [1.82, 2.24) is 4.98 Å². The molecule has 1 amide bonds. The van der Waals surface area contributed by atoms with Crippen LogP contribution >= 0.6 is 11.3 Å². The summed E-state index contributed by atoms with van der Waals surface area (Å²) in [5.41, 5.74) is 0.813. The van der Waals surface area contributed by atoms with Crippen LogP contribution in [0.4, 0.5) is 14.5 Å². The lowest BCUT2D eigenvalue weighted by molar-refractivity contribution is -0.114. The molecule has 7 heteroatoms. The third-order valence-electron chi connectivity index (χ3n) is 4.04. The molecule has 4 rings (SSSR count). The summed E-state index contributed by atoms with van der Waals surface area (Å²) in [5.74, 6) is -1.53. The number of anilines is 1. The number of amides is 1. The number of para-hydroxylation sites is 1. The van der Waals surface area contributed by atoms with E-state index in [1.807, 2.05) is 24.3 Å². The van der Waals surface area contributed by atoms with Gasteiger partial charge in [0.05, 0.1) is 28.7 Å². The van der Waals surface area contributed by atoms with E-state index < -0.39 is 17.5 Å². The van der Waals surface area contributed by atoms with E-state index in [0.29, 0.717) is 10.8 Å². The predicted molar refractivity (Wildman–Crippen MR) is 105 cm³/mol. The molecule has 0 aliphatic rings. The van der Waals surface area contributed by atoms with E-state index in [1.54, 1.807) is 18.2 Å². The summed E-state index contributed by atoms with van der Waals surface area (Å²) in [6.45, 7) is 0.0125. The van der Waals surface area contributed by atoms with Crippen molar-refractivity contribution < 1.29 is 18.0 Å². The number of fused-ring (bicyclic) bond motifs is 1. The molecule has 0 spiro atoms. The van der Waals surface area contributed by atoms with Crippen LogP contribution < -0.4 is 4.90 Å². The summed E-state index contributed by atoms with van der Waals surface area (Å²) in [4.78, 5) is 18.4. The number of carbonyl (C=O) groups excluding carboxylic acids is 1. The lowest BCUT2D eigenvalue weighted by Crippen LogP contribution is -2.29. The van der Waals surface area contributed by atoms with Gasteiger partial charge in [0, 0.05) is 12.1 Å². The van der Waals surface area contributed by atoms with E-state index in [0.717, 1.165) is 22.3 Å². The SMILES string of the molecule is O=C(/C=C/c1nc2ccccc2s1)N(Cc1ccco1)c1ccc(F)cc1F. The zero-order chi connectivity index (χ0) is 19.5. The third kappa shape index (κ3) is 3.84. The summed E-state index contributed by atoms with van der Waals surface area (Å²) in [6.07, 6.45) is 4.38. The van der Waals surface area contributed by atoms with Crippen molar-refractivity contribution in [2.45, 2.75) is 6.54 Å². The van der Waals surface area contributed by atoms with Crippen LogP contribution in [-0.2, 0) is 11.3 Å². The quantitative estimate of drug-likeness (QED) is 0.424. The Bertz CT molecular complexity index is 1120. The van der Waals surface area contributed by atoms with E-state index in [-0.39, 0.29) is 12.2 Å². The first-order chi connectivity index (χ1) is 13.6. The van der Waals surface area contributed by atoms with Crippen molar-refractivity contribution in [1.29, 1.82) is 0 Å². The number of aromatic nitrogens is 1. The Morgan fingerprint density at radius 3 is 2.75 bits per heavy atom. The first kappa shape index (κ1) is 18.1. The summed E-state index contributed by atoms with van der Waals surface area (Å²) >= 11 is 1.45. The van der Waals surface area contributed by atoms with Gasteiger partial charge in [0.25, 0.3) is 5.91 Å². The van der Waals surface area contributed by atoms with Gasteiger partial charge in [-0.2, -0.15) is 0 Å². The maximum Gasteiger partial charge on any atom is 0.251 e. The number of furan rings is 1. The zero-order valence-electron chi connectivity index (χ0n) is 14.5. The molecular weight excluding hydrogens is 382 g/mol. The number of thiazole rings is 1. The van der Waals surface area contributed by atoms with Gasteiger partial charge in [0.15, 0.2) is 0 Å². The molecule has 0 saturated heterocycles. The number of nitrogens with zero attached hydrogens (tertiary/aromatic N) is 2. The second-order valence-electron chi connectivity index (χ2n) is 5.95. The van der Waals surface area contributed by atoms with E-state index in [4.69, 9.17) is 4.42 Å². The summed E-state index contributed by atoms with van der Waals surface area (Å²) < 4.78 is 33.9. The number of rotatable bonds is 5. The Morgan fingerprint density at radius 2 is 2.00 bits per heavy atom. The Kier molecular flexibility index (Phi) is 4.99. The molecule has 28 heavy (non-hydrogen) atoms. The minimum atomic E-state index is -0.826. The Balaban J connectivity index is 1.63. The maximum atomic E-state index is 14.3. The van der Waals surface area contributed by atoms with Gasteiger partial charge in [-0.15, -0.1) is 11.3 Å². The van der Waals surface area contributed by atoms with Gasteiger partial charge in [-0.1, -0.05) is 12.1 Å². The summed E-state index contributed by atoms with van der Waals surface area (Å²) in [7, 11) is 0. The molecule has 0 fully saturated rings. The Labute approximate surface area is 163 Å². The fraction of sp³-hybridized carbons (Fsp3) is 0.0476. The normalized spacial score (nSPS) is 11.4. The van der Waals surface area contributed by atoms with Crippen LogP contribution in [0.25, 0.3) is 16.3 Å². The molecule has 4 aromatic rings. The first-order valence-corrected chi connectivity index (χ1v) is 9.24. The number of halogens is 2. The van der Waals surface area contributed by atoms with E-state index in [2.05, 4.69) is 4.98 Å². The molecule has 0 aliphatic heterocycles. The first-order valence-electron chi connectivity index (χ1n) is 8.43. The minimum absolute atomic E-state index is 0.0125. The summed E-state index contributed by atoms with van der Waals surface area (Å²) in [6, 6.07) is 14.1. The minimum Gasteiger partial charge on any atom is -0.467 e. The molecule has 2 aromatic carbocycles. The second-order valence-corrected chi connectivity index (χ2v) is 7.01. The fourth-order valence-electron chi connectivity index (χ4n) is 2.73. The number of carbonyl (C=O) groups is 1. The van der Waals surface area contributed by atoms with Crippen LogP contribution in [0.5, 0.6) is 0 Å². The topological polar surface area (TPSA) is 46.3 Å².